The number of benzene rings is 1. The second-order valence-electron chi connectivity index (χ2n) is 4.65. The fourth-order valence-corrected chi connectivity index (χ4v) is 4.16. The van der Waals surface area contributed by atoms with Crippen molar-refractivity contribution in [3.8, 4) is 18.1 Å². The van der Waals surface area contributed by atoms with E-state index in [2.05, 4.69) is 42.5 Å². The van der Waals surface area contributed by atoms with E-state index in [4.69, 9.17) is 11.2 Å². The third kappa shape index (κ3) is 4.66. The van der Waals surface area contributed by atoms with Crippen LogP contribution < -0.4 is 4.74 Å². The molecule has 130 valence electrons. The number of halogens is 2. The summed E-state index contributed by atoms with van der Waals surface area (Å²) in [4.78, 5) is 36.4. The second kappa shape index (κ2) is 8.56. The Kier molecular flexibility index (Phi) is 6.70. The van der Waals surface area contributed by atoms with E-state index in [0.29, 0.717) is 20.3 Å². The SMILES string of the molecule is C#CCN1C(=O)SC(=Cc2cc(Br)c(OCC(=O)OC)c(Br)c2)C1=O. The van der Waals surface area contributed by atoms with Crippen LogP contribution in [-0.2, 0) is 14.3 Å². The number of nitrogens with zero attached hydrogens (tertiary/aromatic N) is 1. The number of ether oxygens (including phenoxy) is 2. The molecular weight excluding hydrogens is 478 g/mol. The lowest BCUT2D eigenvalue weighted by atomic mass is 10.2. The van der Waals surface area contributed by atoms with Crippen molar-refractivity contribution in [2.75, 3.05) is 20.3 Å². The Labute approximate surface area is 165 Å². The van der Waals surface area contributed by atoms with E-state index in [1.807, 2.05) is 0 Å². The first-order chi connectivity index (χ1) is 11.9. The number of hydrogen-bond acceptors (Lipinski definition) is 6. The number of rotatable bonds is 5. The summed E-state index contributed by atoms with van der Waals surface area (Å²) in [6.45, 7) is -0.298. The molecule has 0 aliphatic carbocycles. The van der Waals surface area contributed by atoms with E-state index in [1.54, 1.807) is 18.2 Å². The predicted molar refractivity (Wildman–Crippen MR) is 101 cm³/mol. The normalized spacial score (nSPS) is 15.4. The van der Waals surface area contributed by atoms with Gasteiger partial charge in [0.25, 0.3) is 11.1 Å². The molecule has 0 spiro atoms. The van der Waals surface area contributed by atoms with Crippen molar-refractivity contribution in [1.82, 2.24) is 4.90 Å². The Bertz CT molecular complexity index is 792. The highest BCUT2D eigenvalue weighted by molar-refractivity contribution is 9.11. The molecule has 1 saturated heterocycles. The van der Waals surface area contributed by atoms with Crippen LogP contribution in [0.3, 0.4) is 0 Å². The van der Waals surface area contributed by atoms with Crippen molar-refractivity contribution in [1.29, 1.82) is 0 Å². The number of carbonyl (C=O) groups excluding carboxylic acids is 3. The monoisotopic (exact) mass is 487 g/mol. The predicted octanol–water partition coefficient (Wildman–Crippen LogP) is 3.43. The molecule has 6 nitrogen and oxygen atoms in total. The van der Waals surface area contributed by atoms with Crippen molar-refractivity contribution < 1.29 is 23.9 Å². The zero-order valence-electron chi connectivity index (χ0n) is 12.9. The first-order valence-corrected chi connectivity index (χ1v) is 9.15. The van der Waals surface area contributed by atoms with Gasteiger partial charge in [0.15, 0.2) is 6.61 Å². The molecular formula is C16H11Br2NO5S. The van der Waals surface area contributed by atoms with Gasteiger partial charge in [-0.3, -0.25) is 14.5 Å². The lowest BCUT2D eigenvalue weighted by Gasteiger charge is -2.10. The van der Waals surface area contributed by atoms with E-state index in [0.717, 1.165) is 16.7 Å². The number of thioether (sulfide) groups is 1. The van der Waals surface area contributed by atoms with Crippen LogP contribution >= 0.6 is 43.6 Å². The van der Waals surface area contributed by atoms with Crippen molar-refractivity contribution in [2.45, 2.75) is 0 Å². The van der Waals surface area contributed by atoms with Crippen LogP contribution in [0.2, 0.25) is 0 Å². The van der Waals surface area contributed by atoms with Gasteiger partial charge in [-0.25, -0.2) is 4.79 Å². The van der Waals surface area contributed by atoms with Gasteiger partial charge in [-0.05, 0) is 67.4 Å². The van der Waals surface area contributed by atoms with E-state index in [-0.39, 0.29) is 18.1 Å². The van der Waals surface area contributed by atoms with Gasteiger partial charge in [-0.1, -0.05) is 5.92 Å². The average Bonchev–Trinajstić information content (AvgIpc) is 2.81. The quantitative estimate of drug-likeness (QED) is 0.359. The number of imide groups is 1. The van der Waals surface area contributed by atoms with Crippen LogP contribution in [0.4, 0.5) is 4.79 Å². The van der Waals surface area contributed by atoms with Gasteiger partial charge in [0.1, 0.15) is 5.75 Å². The molecule has 1 heterocycles. The molecule has 9 heteroatoms. The Balaban J connectivity index is 2.24. The summed E-state index contributed by atoms with van der Waals surface area (Å²) >= 11 is 7.53. The topological polar surface area (TPSA) is 72.9 Å². The number of hydrogen-bond donors (Lipinski definition) is 0. The highest BCUT2D eigenvalue weighted by Crippen LogP contribution is 2.37. The second-order valence-corrected chi connectivity index (χ2v) is 7.35. The first-order valence-electron chi connectivity index (χ1n) is 6.75. The summed E-state index contributed by atoms with van der Waals surface area (Å²) in [5, 5.41) is -0.398. The van der Waals surface area contributed by atoms with Crippen LogP contribution in [-0.4, -0.2) is 42.3 Å². The van der Waals surface area contributed by atoms with Gasteiger partial charge in [-0.15, -0.1) is 6.42 Å². The van der Waals surface area contributed by atoms with Gasteiger partial charge in [0, 0.05) is 0 Å². The van der Waals surface area contributed by atoms with Crippen molar-refractivity contribution >= 4 is 66.8 Å². The zero-order valence-corrected chi connectivity index (χ0v) is 16.9. The number of carbonyl (C=O) groups is 3. The Hall–Kier alpha value is -1.76. The first kappa shape index (κ1) is 19.6. The van der Waals surface area contributed by atoms with Gasteiger partial charge >= 0.3 is 5.97 Å². The zero-order chi connectivity index (χ0) is 18.6. The van der Waals surface area contributed by atoms with Crippen molar-refractivity contribution in [3.63, 3.8) is 0 Å². The van der Waals surface area contributed by atoms with Crippen LogP contribution in [0, 0.1) is 12.3 Å². The molecule has 1 aromatic carbocycles. The van der Waals surface area contributed by atoms with Gasteiger partial charge in [0.2, 0.25) is 0 Å². The van der Waals surface area contributed by atoms with Crippen molar-refractivity contribution in [2.24, 2.45) is 0 Å². The molecule has 1 aliphatic heterocycles. The van der Waals surface area contributed by atoms with Crippen LogP contribution in [0.15, 0.2) is 26.0 Å². The average molecular weight is 489 g/mol. The molecule has 0 bridgehead atoms. The molecule has 0 saturated carbocycles. The molecule has 0 unspecified atom stereocenters. The maximum atomic E-state index is 12.2. The molecule has 0 atom stereocenters. The van der Waals surface area contributed by atoms with Crippen LogP contribution in [0.5, 0.6) is 5.75 Å². The lowest BCUT2D eigenvalue weighted by Crippen LogP contribution is -2.28. The highest BCUT2D eigenvalue weighted by atomic mass is 79.9. The molecule has 1 aliphatic rings. The molecule has 0 aromatic heterocycles. The summed E-state index contributed by atoms with van der Waals surface area (Å²) in [7, 11) is 1.27. The maximum Gasteiger partial charge on any atom is 0.343 e. The maximum absolute atomic E-state index is 12.2. The molecule has 0 N–H and O–H groups in total. The smallest absolute Gasteiger partial charge is 0.343 e. The van der Waals surface area contributed by atoms with Crippen LogP contribution in [0.25, 0.3) is 6.08 Å². The lowest BCUT2D eigenvalue weighted by molar-refractivity contribution is -0.143. The fraction of sp³-hybridized carbons (Fsp3) is 0.188. The molecule has 1 aromatic rings. The Morgan fingerprint density at radius 2 is 2.00 bits per heavy atom. The number of amides is 2. The molecule has 0 radical (unpaired) electrons. The Morgan fingerprint density at radius 3 is 2.56 bits per heavy atom. The molecule has 1 fully saturated rings. The third-order valence-corrected chi connectivity index (χ3v) is 5.09. The number of esters is 1. The highest BCUT2D eigenvalue weighted by Gasteiger charge is 2.34. The minimum atomic E-state index is -0.509. The summed E-state index contributed by atoms with van der Waals surface area (Å²) < 4.78 is 11.0. The number of methoxy groups -OCH3 is 1. The third-order valence-electron chi connectivity index (χ3n) is 3.00. The van der Waals surface area contributed by atoms with Gasteiger partial charge in [-0.2, -0.15) is 0 Å². The summed E-state index contributed by atoms with van der Waals surface area (Å²) in [6.07, 6.45) is 6.75. The van der Waals surface area contributed by atoms with Crippen molar-refractivity contribution in [3.05, 3.63) is 31.5 Å². The van der Waals surface area contributed by atoms with E-state index in [1.165, 1.54) is 7.11 Å². The van der Waals surface area contributed by atoms with E-state index < -0.39 is 17.1 Å². The van der Waals surface area contributed by atoms with E-state index >= 15 is 0 Å². The summed E-state index contributed by atoms with van der Waals surface area (Å²) in [5.41, 5.74) is 0.662. The largest absolute Gasteiger partial charge is 0.480 e. The molecule has 25 heavy (non-hydrogen) atoms. The van der Waals surface area contributed by atoms with Crippen LogP contribution in [0.1, 0.15) is 5.56 Å². The minimum Gasteiger partial charge on any atom is -0.480 e. The fourth-order valence-electron chi connectivity index (χ4n) is 1.87. The van der Waals surface area contributed by atoms with Gasteiger partial charge < -0.3 is 9.47 Å². The molecule has 2 amide bonds. The van der Waals surface area contributed by atoms with E-state index in [9.17, 15) is 14.4 Å². The standard InChI is InChI=1S/C16H11Br2NO5S/c1-3-4-19-15(21)12(25-16(19)22)7-9-5-10(17)14(11(18)6-9)24-8-13(20)23-2/h1,5-7H,4,8H2,2H3. The summed E-state index contributed by atoms with van der Waals surface area (Å²) in [5.74, 6) is 1.77. The number of terminal acetylenes is 1. The minimum absolute atomic E-state index is 0.0598. The molecule has 2 rings (SSSR count). The van der Waals surface area contributed by atoms with Gasteiger partial charge in [0.05, 0.1) is 27.5 Å². The Morgan fingerprint density at radius 1 is 1.36 bits per heavy atom. The summed E-state index contributed by atoms with van der Waals surface area (Å²) in [6, 6.07) is 3.40.